The molecular formula is C19H30Cl2N2O. The van der Waals surface area contributed by atoms with Gasteiger partial charge in [-0.05, 0) is 69.3 Å². The minimum Gasteiger partial charge on any atom is -0.336 e. The molecule has 0 spiro atoms. The fourth-order valence-corrected chi connectivity index (χ4v) is 3.53. The molecule has 24 heavy (non-hydrogen) atoms. The van der Waals surface area contributed by atoms with Gasteiger partial charge in [0, 0.05) is 24.0 Å². The fourth-order valence-electron chi connectivity index (χ4n) is 3.31. The van der Waals surface area contributed by atoms with E-state index in [1.165, 1.54) is 12.8 Å². The van der Waals surface area contributed by atoms with E-state index in [0.29, 0.717) is 24.8 Å². The van der Waals surface area contributed by atoms with Crippen molar-refractivity contribution in [3.8, 4) is 0 Å². The number of carbonyl (C=O) groups is 1. The molecular weight excluding hydrogens is 343 g/mol. The van der Waals surface area contributed by atoms with Crippen LogP contribution in [0.5, 0.6) is 0 Å². The molecule has 2 atom stereocenters. The third-order valence-electron chi connectivity index (χ3n) is 4.82. The Labute approximate surface area is 157 Å². The molecule has 2 rings (SSSR count). The van der Waals surface area contributed by atoms with Gasteiger partial charge in [-0.3, -0.25) is 4.79 Å². The Bertz CT molecular complexity index is 516. The van der Waals surface area contributed by atoms with Crippen LogP contribution in [0.1, 0.15) is 45.6 Å². The molecule has 1 saturated heterocycles. The molecule has 1 amide bonds. The highest BCUT2D eigenvalue weighted by Gasteiger charge is 2.25. The summed E-state index contributed by atoms with van der Waals surface area (Å²) in [5.41, 5.74) is 1.09. The number of nitrogens with one attached hydrogen (secondary N) is 1. The molecule has 1 N–H and O–H groups in total. The maximum absolute atomic E-state index is 12.8. The molecule has 0 saturated carbocycles. The highest BCUT2D eigenvalue weighted by atomic mass is 35.5. The lowest BCUT2D eigenvalue weighted by Crippen LogP contribution is -2.39. The van der Waals surface area contributed by atoms with E-state index in [2.05, 4.69) is 26.1 Å². The van der Waals surface area contributed by atoms with Crippen LogP contribution in [0.3, 0.4) is 0 Å². The third-order valence-corrected chi connectivity index (χ3v) is 5.06. The van der Waals surface area contributed by atoms with E-state index in [1.807, 2.05) is 29.2 Å². The van der Waals surface area contributed by atoms with Crippen LogP contribution in [0.4, 0.5) is 0 Å². The lowest BCUT2D eigenvalue weighted by Gasteiger charge is -2.32. The Morgan fingerprint density at radius 1 is 1.38 bits per heavy atom. The topological polar surface area (TPSA) is 32.3 Å². The number of rotatable bonds is 6. The summed E-state index contributed by atoms with van der Waals surface area (Å²) in [6.07, 6.45) is 3.09. The Morgan fingerprint density at radius 2 is 2.12 bits per heavy atom. The number of hydrogen-bond donors (Lipinski definition) is 1. The fraction of sp³-hybridized carbons (Fsp3) is 0.632. The summed E-state index contributed by atoms with van der Waals surface area (Å²) in [7, 11) is 0. The van der Waals surface area contributed by atoms with Crippen LogP contribution in [0.25, 0.3) is 0 Å². The van der Waals surface area contributed by atoms with Crippen molar-refractivity contribution in [2.45, 2.75) is 52.6 Å². The number of amides is 1. The second kappa shape index (κ2) is 10.3. The van der Waals surface area contributed by atoms with Gasteiger partial charge in [0.2, 0.25) is 5.91 Å². The first-order valence-corrected chi connectivity index (χ1v) is 9.09. The van der Waals surface area contributed by atoms with Crippen LogP contribution in [0.2, 0.25) is 5.02 Å². The molecule has 5 heteroatoms. The maximum Gasteiger partial charge on any atom is 0.223 e. The van der Waals surface area contributed by atoms with Gasteiger partial charge in [0.15, 0.2) is 0 Å². The van der Waals surface area contributed by atoms with Crippen molar-refractivity contribution in [1.82, 2.24) is 10.2 Å². The van der Waals surface area contributed by atoms with Crippen molar-refractivity contribution in [3.05, 3.63) is 34.9 Å². The van der Waals surface area contributed by atoms with E-state index >= 15 is 0 Å². The normalized spacial score (nSPS) is 18.8. The van der Waals surface area contributed by atoms with Gasteiger partial charge in [0.25, 0.3) is 0 Å². The average molecular weight is 373 g/mol. The van der Waals surface area contributed by atoms with Crippen LogP contribution in [0.15, 0.2) is 24.3 Å². The minimum atomic E-state index is 0. The Morgan fingerprint density at radius 3 is 2.71 bits per heavy atom. The van der Waals surface area contributed by atoms with Crippen LogP contribution >= 0.6 is 24.0 Å². The summed E-state index contributed by atoms with van der Waals surface area (Å²) in [6, 6.07) is 7.97. The number of carbonyl (C=O) groups excluding carboxylic acids is 1. The molecule has 1 heterocycles. The molecule has 1 aliphatic heterocycles. The van der Waals surface area contributed by atoms with Crippen molar-refractivity contribution in [2.75, 3.05) is 13.1 Å². The van der Waals surface area contributed by atoms with Gasteiger partial charge in [0.1, 0.15) is 0 Å². The first-order valence-electron chi connectivity index (χ1n) is 8.72. The molecule has 1 aromatic rings. The van der Waals surface area contributed by atoms with E-state index in [9.17, 15) is 4.79 Å². The summed E-state index contributed by atoms with van der Waals surface area (Å²) in [5, 5.41) is 4.17. The van der Waals surface area contributed by atoms with Crippen LogP contribution < -0.4 is 5.32 Å². The van der Waals surface area contributed by atoms with E-state index < -0.39 is 0 Å². The molecule has 0 radical (unpaired) electrons. The highest BCUT2D eigenvalue weighted by molar-refractivity contribution is 6.30. The number of benzene rings is 1. The third kappa shape index (κ3) is 6.27. The average Bonchev–Trinajstić information content (AvgIpc) is 2.53. The number of hydrogen-bond acceptors (Lipinski definition) is 2. The van der Waals surface area contributed by atoms with Crippen molar-refractivity contribution in [3.63, 3.8) is 0 Å². The Balaban J connectivity index is 0.00000288. The summed E-state index contributed by atoms with van der Waals surface area (Å²) < 4.78 is 0. The van der Waals surface area contributed by atoms with Crippen LogP contribution in [-0.2, 0) is 11.3 Å². The number of halogens is 2. The molecule has 2 unspecified atom stereocenters. The van der Waals surface area contributed by atoms with Crippen molar-refractivity contribution >= 4 is 29.9 Å². The van der Waals surface area contributed by atoms with Crippen molar-refractivity contribution in [2.24, 2.45) is 11.8 Å². The quantitative estimate of drug-likeness (QED) is 0.795. The largest absolute Gasteiger partial charge is 0.336 e. The van der Waals surface area contributed by atoms with Gasteiger partial charge < -0.3 is 10.2 Å². The first-order chi connectivity index (χ1) is 11.0. The van der Waals surface area contributed by atoms with Crippen LogP contribution in [-0.4, -0.2) is 29.9 Å². The smallest absolute Gasteiger partial charge is 0.223 e. The molecule has 1 aliphatic rings. The monoisotopic (exact) mass is 372 g/mol. The summed E-state index contributed by atoms with van der Waals surface area (Å²) in [5.74, 6) is 1.29. The zero-order valence-electron chi connectivity index (χ0n) is 14.9. The van der Waals surface area contributed by atoms with Gasteiger partial charge in [-0.1, -0.05) is 30.7 Å². The zero-order chi connectivity index (χ0) is 16.8. The van der Waals surface area contributed by atoms with Gasteiger partial charge in [-0.25, -0.2) is 0 Å². The second-order valence-electron chi connectivity index (χ2n) is 7.03. The minimum absolute atomic E-state index is 0. The van der Waals surface area contributed by atoms with E-state index in [0.717, 1.165) is 23.7 Å². The number of nitrogens with zero attached hydrogens (tertiary/aromatic N) is 1. The molecule has 0 aromatic heterocycles. The van der Waals surface area contributed by atoms with E-state index in [-0.39, 0.29) is 24.4 Å². The van der Waals surface area contributed by atoms with Gasteiger partial charge >= 0.3 is 0 Å². The van der Waals surface area contributed by atoms with E-state index in [4.69, 9.17) is 11.6 Å². The molecule has 0 aliphatic carbocycles. The Hall–Kier alpha value is -0.770. The molecule has 1 fully saturated rings. The van der Waals surface area contributed by atoms with Gasteiger partial charge in [0.05, 0.1) is 0 Å². The highest BCUT2D eigenvalue weighted by Crippen LogP contribution is 2.24. The Kier molecular flexibility index (Phi) is 9.11. The van der Waals surface area contributed by atoms with E-state index in [1.54, 1.807) is 0 Å². The SMILES string of the molecule is CC(CC(=O)N(Cc1cccc(Cl)c1)C(C)C)C1CCCNC1.Cl. The zero-order valence-corrected chi connectivity index (χ0v) is 16.5. The van der Waals surface area contributed by atoms with Gasteiger partial charge in [-0.2, -0.15) is 0 Å². The lowest BCUT2D eigenvalue weighted by molar-refractivity contribution is -0.134. The lowest BCUT2D eigenvalue weighted by atomic mass is 9.85. The standard InChI is InChI=1S/C19H29ClN2O.ClH/c1-14(2)22(13-16-6-4-8-18(20)11-16)19(23)10-15(3)17-7-5-9-21-12-17;/h4,6,8,11,14-15,17,21H,5,7,9-10,12-13H2,1-3H3;1H. The van der Waals surface area contributed by atoms with Gasteiger partial charge in [-0.15, -0.1) is 12.4 Å². The second-order valence-corrected chi connectivity index (χ2v) is 7.47. The molecule has 3 nitrogen and oxygen atoms in total. The molecule has 1 aromatic carbocycles. The number of piperidine rings is 1. The predicted octanol–water partition coefficient (Wildman–Crippen LogP) is 4.52. The molecule has 136 valence electrons. The summed E-state index contributed by atoms with van der Waals surface area (Å²) >= 11 is 6.06. The summed E-state index contributed by atoms with van der Waals surface area (Å²) in [4.78, 5) is 14.8. The summed E-state index contributed by atoms with van der Waals surface area (Å²) in [6.45, 7) is 9.17. The maximum atomic E-state index is 12.8. The van der Waals surface area contributed by atoms with Crippen LogP contribution in [0, 0.1) is 11.8 Å². The first kappa shape index (κ1) is 21.3. The predicted molar refractivity (Wildman–Crippen MR) is 104 cm³/mol. The molecule has 0 bridgehead atoms. The van der Waals surface area contributed by atoms with Crippen molar-refractivity contribution < 1.29 is 4.79 Å². The van der Waals surface area contributed by atoms with Crippen molar-refractivity contribution in [1.29, 1.82) is 0 Å².